The van der Waals surface area contributed by atoms with Crippen molar-refractivity contribution in [1.82, 2.24) is 0 Å². The third-order valence-corrected chi connectivity index (χ3v) is 4.83. The Hall–Kier alpha value is -2.15. The molecule has 0 bridgehead atoms. The number of thiophene rings is 1. The SMILES string of the molecule is CCOC(=O)c1c(NC(=O)/C=C/C(=O)O)sc2c1[C@@H](C)CCC2. The van der Waals surface area contributed by atoms with Crippen molar-refractivity contribution in [3.05, 3.63) is 28.2 Å². The van der Waals surface area contributed by atoms with E-state index in [0.29, 0.717) is 10.6 Å². The molecule has 1 aromatic heterocycles. The van der Waals surface area contributed by atoms with Gasteiger partial charge in [-0.1, -0.05) is 6.92 Å². The Kier molecular flexibility index (Phi) is 5.54. The zero-order valence-corrected chi connectivity index (χ0v) is 13.9. The van der Waals surface area contributed by atoms with Crippen molar-refractivity contribution < 1.29 is 24.2 Å². The first-order valence-electron chi connectivity index (χ1n) is 7.48. The molecule has 0 aromatic carbocycles. The number of carboxylic acids is 1. The van der Waals surface area contributed by atoms with Gasteiger partial charge >= 0.3 is 11.9 Å². The summed E-state index contributed by atoms with van der Waals surface area (Å²) in [7, 11) is 0. The van der Waals surface area contributed by atoms with Gasteiger partial charge in [-0.05, 0) is 37.7 Å². The summed E-state index contributed by atoms with van der Waals surface area (Å²) in [6, 6.07) is 0. The van der Waals surface area contributed by atoms with Gasteiger partial charge in [0.25, 0.3) is 0 Å². The maximum Gasteiger partial charge on any atom is 0.341 e. The van der Waals surface area contributed by atoms with Crippen molar-refractivity contribution in [2.45, 2.75) is 39.0 Å². The van der Waals surface area contributed by atoms with Crippen molar-refractivity contribution >= 4 is 34.2 Å². The highest BCUT2D eigenvalue weighted by Crippen LogP contribution is 2.43. The summed E-state index contributed by atoms with van der Waals surface area (Å²) in [6.45, 7) is 4.04. The number of rotatable bonds is 5. The number of nitrogens with one attached hydrogen (secondary N) is 1. The van der Waals surface area contributed by atoms with Crippen LogP contribution in [-0.2, 0) is 20.7 Å². The average molecular weight is 337 g/mol. The lowest BCUT2D eigenvalue weighted by molar-refractivity contribution is -0.131. The third-order valence-electron chi connectivity index (χ3n) is 3.65. The normalized spacial score (nSPS) is 16.9. The number of carboxylic acid groups (broad SMARTS) is 1. The third kappa shape index (κ3) is 3.98. The minimum absolute atomic E-state index is 0.231. The van der Waals surface area contributed by atoms with E-state index in [4.69, 9.17) is 9.84 Å². The van der Waals surface area contributed by atoms with E-state index in [2.05, 4.69) is 12.2 Å². The van der Waals surface area contributed by atoms with Gasteiger partial charge in [-0.3, -0.25) is 4.79 Å². The Morgan fingerprint density at radius 1 is 1.39 bits per heavy atom. The van der Waals surface area contributed by atoms with Gasteiger partial charge in [0.05, 0.1) is 12.2 Å². The number of ether oxygens (including phenoxy) is 1. The molecule has 124 valence electrons. The van der Waals surface area contributed by atoms with E-state index < -0.39 is 17.8 Å². The molecule has 1 aliphatic rings. The van der Waals surface area contributed by atoms with Crippen LogP contribution in [0.3, 0.4) is 0 Å². The highest BCUT2D eigenvalue weighted by atomic mass is 32.1. The number of aliphatic carboxylic acids is 1. The van der Waals surface area contributed by atoms with E-state index in [-0.39, 0.29) is 12.5 Å². The number of aryl methyl sites for hydroxylation is 1. The number of anilines is 1. The van der Waals surface area contributed by atoms with Crippen LogP contribution in [-0.4, -0.2) is 29.6 Å². The van der Waals surface area contributed by atoms with Crippen molar-refractivity contribution in [2.75, 3.05) is 11.9 Å². The molecule has 1 atom stereocenters. The lowest BCUT2D eigenvalue weighted by Gasteiger charge is -2.19. The second-order valence-electron chi connectivity index (χ2n) is 5.32. The smallest absolute Gasteiger partial charge is 0.341 e. The highest BCUT2D eigenvalue weighted by molar-refractivity contribution is 7.17. The predicted octanol–water partition coefficient (Wildman–Crippen LogP) is 2.94. The Balaban J connectivity index is 2.36. The fraction of sp³-hybridized carbons (Fsp3) is 0.438. The molecule has 0 fully saturated rings. The van der Waals surface area contributed by atoms with Crippen LogP contribution in [0.1, 0.15) is 53.4 Å². The Bertz CT molecular complexity index is 662. The highest BCUT2D eigenvalue weighted by Gasteiger charge is 2.30. The average Bonchev–Trinajstić information content (AvgIpc) is 2.84. The minimum Gasteiger partial charge on any atom is -0.478 e. The molecule has 2 N–H and O–H groups in total. The Morgan fingerprint density at radius 3 is 2.78 bits per heavy atom. The lowest BCUT2D eigenvalue weighted by Crippen LogP contribution is -2.15. The molecule has 23 heavy (non-hydrogen) atoms. The van der Waals surface area contributed by atoms with E-state index in [1.807, 2.05) is 0 Å². The van der Waals surface area contributed by atoms with Gasteiger partial charge in [0.15, 0.2) is 0 Å². The Labute approximate surface area is 138 Å². The topological polar surface area (TPSA) is 92.7 Å². The van der Waals surface area contributed by atoms with Crippen LogP contribution in [0.5, 0.6) is 0 Å². The number of hydrogen-bond donors (Lipinski definition) is 2. The monoisotopic (exact) mass is 337 g/mol. The van der Waals surface area contributed by atoms with Crippen molar-refractivity contribution in [2.24, 2.45) is 0 Å². The zero-order chi connectivity index (χ0) is 17.0. The van der Waals surface area contributed by atoms with Crippen LogP contribution >= 0.6 is 11.3 Å². The first kappa shape index (κ1) is 17.2. The van der Waals surface area contributed by atoms with Gasteiger partial charge < -0.3 is 15.2 Å². The summed E-state index contributed by atoms with van der Waals surface area (Å²) >= 11 is 1.37. The molecule has 1 aliphatic carbocycles. The van der Waals surface area contributed by atoms with Crippen molar-refractivity contribution in [1.29, 1.82) is 0 Å². The zero-order valence-electron chi connectivity index (χ0n) is 13.0. The minimum atomic E-state index is -1.20. The number of fused-ring (bicyclic) bond motifs is 1. The van der Waals surface area contributed by atoms with Crippen LogP contribution in [0.4, 0.5) is 5.00 Å². The number of carbonyl (C=O) groups is 3. The summed E-state index contributed by atoms with van der Waals surface area (Å²) in [5.74, 6) is -2.00. The van der Waals surface area contributed by atoms with Crippen LogP contribution in [0.2, 0.25) is 0 Å². The van der Waals surface area contributed by atoms with E-state index in [1.54, 1.807) is 6.92 Å². The number of esters is 1. The van der Waals surface area contributed by atoms with Gasteiger partial charge in [-0.15, -0.1) is 11.3 Å². The fourth-order valence-electron chi connectivity index (χ4n) is 2.71. The van der Waals surface area contributed by atoms with Gasteiger partial charge in [0.2, 0.25) is 5.91 Å². The van der Waals surface area contributed by atoms with Gasteiger partial charge in [0.1, 0.15) is 5.00 Å². The van der Waals surface area contributed by atoms with E-state index in [1.165, 1.54) is 11.3 Å². The molecular formula is C16H19NO5S. The number of amides is 1. The summed E-state index contributed by atoms with van der Waals surface area (Å²) in [5, 5.41) is 11.6. The fourth-order valence-corrected chi connectivity index (χ4v) is 4.06. The molecule has 0 unspecified atom stereocenters. The summed E-state index contributed by atoms with van der Waals surface area (Å²) in [5.41, 5.74) is 1.37. The van der Waals surface area contributed by atoms with Gasteiger partial charge in [-0.25, -0.2) is 9.59 Å². The quantitative estimate of drug-likeness (QED) is 0.636. The standard InChI is InChI=1S/C16H19NO5S/c1-3-22-16(21)14-13-9(2)5-4-6-10(13)23-15(14)17-11(18)7-8-12(19)20/h7-9H,3-6H2,1-2H3,(H,17,18)(H,19,20)/b8-7+/t9-/m0/s1. The molecule has 0 saturated carbocycles. The van der Waals surface area contributed by atoms with E-state index >= 15 is 0 Å². The molecule has 1 heterocycles. The molecule has 7 heteroatoms. The molecule has 1 amide bonds. The molecule has 0 radical (unpaired) electrons. The van der Waals surface area contributed by atoms with Crippen molar-refractivity contribution in [3.63, 3.8) is 0 Å². The predicted molar refractivity (Wildman–Crippen MR) is 87.0 cm³/mol. The molecule has 0 spiro atoms. The molecule has 1 aromatic rings. The first-order chi connectivity index (χ1) is 10.9. The Morgan fingerprint density at radius 2 is 2.13 bits per heavy atom. The second-order valence-corrected chi connectivity index (χ2v) is 6.42. The summed E-state index contributed by atoms with van der Waals surface area (Å²) in [4.78, 5) is 35.7. The summed E-state index contributed by atoms with van der Waals surface area (Å²) in [6.07, 6.45) is 4.60. The van der Waals surface area contributed by atoms with Crippen LogP contribution in [0, 0.1) is 0 Å². The van der Waals surface area contributed by atoms with E-state index in [9.17, 15) is 14.4 Å². The van der Waals surface area contributed by atoms with Crippen LogP contribution in [0.15, 0.2) is 12.2 Å². The maximum atomic E-state index is 12.3. The second kappa shape index (κ2) is 7.41. The molecule has 2 rings (SSSR count). The van der Waals surface area contributed by atoms with Gasteiger partial charge in [0, 0.05) is 17.0 Å². The molecule has 6 nitrogen and oxygen atoms in total. The maximum absolute atomic E-state index is 12.3. The number of hydrogen-bond acceptors (Lipinski definition) is 5. The molecular weight excluding hydrogens is 318 g/mol. The lowest BCUT2D eigenvalue weighted by atomic mass is 9.86. The van der Waals surface area contributed by atoms with Crippen LogP contribution < -0.4 is 5.32 Å². The first-order valence-corrected chi connectivity index (χ1v) is 8.30. The largest absolute Gasteiger partial charge is 0.478 e. The molecule has 0 saturated heterocycles. The van der Waals surface area contributed by atoms with E-state index in [0.717, 1.165) is 41.9 Å². The summed E-state index contributed by atoms with van der Waals surface area (Å²) < 4.78 is 5.13. The van der Waals surface area contributed by atoms with Crippen molar-refractivity contribution in [3.8, 4) is 0 Å². The molecule has 0 aliphatic heterocycles. The van der Waals surface area contributed by atoms with Gasteiger partial charge in [-0.2, -0.15) is 0 Å². The van der Waals surface area contributed by atoms with Crippen LogP contribution in [0.25, 0.3) is 0 Å². The number of carbonyl (C=O) groups excluding carboxylic acids is 2.